The van der Waals surface area contributed by atoms with Crippen molar-refractivity contribution >= 4 is 6.03 Å². The number of rotatable bonds is 6. The van der Waals surface area contributed by atoms with Crippen molar-refractivity contribution in [3.8, 4) is 0 Å². The Labute approximate surface area is 102 Å². The molecule has 94 valence electrons. The highest BCUT2D eigenvalue weighted by Crippen LogP contribution is 2.17. The van der Waals surface area contributed by atoms with E-state index in [1.165, 1.54) is 5.56 Å². The second-order valence-corrected chi connectivity index (χ2v) is 3.88. The van der Waals surface area contributed by atoms with Gasteiger partial charge in [-0.2, -0.15) is 0 Å². The van der Waals surface area contributed by atoms with Gasteiger partial charge in [0.15, 0.2) is 0 Å². The minimum absolute atomic E-state index is 0.0384. The molecule has 0 heterocycles. The molecule has 2 amide bonds. The van der Waals surface area contributed by atoms with Crippen LogP contribution in [0.2, 0.25) is 0 Å². The number of carbonyl (C=O) groups excluding carboxylic acids is 1. The number of hydrogen-bond donors (Lipinski definition) is 3. The Morgan fingerprint density at radius 1 is 1.29 bits per heavy atom. The van der Waals surface area contributed by atoms with Crippen molar-refractivity contribution in [3.05, 3.63) is 35.9 Å². The lowest BCUT2D eigenvalue weighted by molar-refractivity contribution is 0.233. The fourth-order valence-corrected chi connectivity index (χ4v) is 1.67. The monoisotopic (exact) mass is 236 g/mol. The number of urea groups is 1. The van der Waals surface area contributed by atoms with Crippen LogP contribution < -0.4 is 10.6 Å². The van der Waals surface area contributed by atoms with Crippen molar-refractivity contribution in [2.75, 3.05) is 19.7 Å². The van der Waals surface area contributed by atoms with E-state index in [9.17, 15) is 4.79 Å². The molecule has 1 rings (SSSR count). The molecular weight excluding hydrogens is 216 g/mol. The minimum Gasteiger partial charge on any atom is -0.395 e. The topological polar surface area (TPSA) is 61.4 Å². The Morgan fingerprint density at radius 2 is 2.00 bits per heavy atom. The molecule has 4 nitrogen and oxygen atoms in total. The van der Waals surface area contributed by atoms with Crippen LogP contribution in [0.5, 0.6) is 0 Å². The first-order valence-electron chi connectivity index (χ1n) is 5.95. The van der Waals surface area contributed by atoms with E-state index < -0.39 is 0 Å². The molecule has 0 aromatic heterocycles. The average molecular weight is 236 g/mol. The molecular formula is C13H20N2O2. The summed E-state index contributed by atoms with van der Waals surface area (Å²) in [5.74, 6) is 0.330. The van der Waals surface area contributed by atoms with Gasteiger partial charge in [0.1, 0.15) is 0 Å². The zero-order chi connectivity index (χ0) is 12.5. The molecule has 0 bridgehead atoms. The Morgan fingerprint density at radius 3 is 2.59 bits per heavy atom. The van der Waals surface area contributed by atoms with Crippen molar-refractivity contribution in [1.29, 1.82) is 0 Å². The first kappa shape index (κ1) is 13.5. The lowest BCUT2D eigenvalue weighted by atomic mass is 9.97. The van der Waals surface area contributed by atoms with E-state index in [1.54, 1.807) is 0 Å². The summed E-state index contributed by atoms with van der Waals surface area (Å²) in [4.78, 5) is 11.3. The van der Waals surface area contributed by atoms with Gasteiger partial charge in [0, 0.05) is 19.0 Å². The molecule has 1 aromatic carbocycles. The molecule has 0 spiro atoms. The predicted octanol–water partition coefficient (Wildman–Crippen LogP) is 1.47. The highest BCUT2D eigenvalue weighted by molar-refractivity contribution is 5.73. The normalized spacial score (nSPS) is 11.9. The van der Waals surface area contributed by atoms with E-state index in [0.29, 0.717) is 12.5 Å². The van der Waals surface area contributed by atoms with Crippen LogP contribution in [-0.2, 0) is 0 Å². The van der Waals surface area contributed by atoms with Gasteiger partial charge >= 0.3 is 6.03 Å². The summed E-state index contributed by atoms with van der Waals surface area (Å²) in [5.41, 5.74) is 1.23. The average Bonchev–Trinajstić information content (AvgIpc) is 2.38. The van der Waals surface area contributed by atoms with Crippen molar-refractivity contribution in [2.24, 2.45) is 0 Å². The lowest BCUT2D eigenvalue weighted by Crippen LogP contribution is -2.38. The van der Waals surface area contributed by atoms with E-state index >= 15 is 0 Å². The molecule has 0 saturated heterocycles. The maximum atomic E-state index is 11.3. The number of aliphatic hydroxyl groups is 1. The summed E-state index contributed by atoms with van der Waals surface area (Å²) < 4.78 is 0. The molecule has 1 unspecified atom stereocenters. The Kier molecular flexibility index (Phi) is 6.10. The van der Waals surface area contributed by atoms with Gasteiger partial charge < -0.3 is 15.7 Å². The molecule has 1 atom stereocenters. The minimum atomic E-state index is -0.228. The zero-order valence-corrected chi connectivity index (χ0v) is 10.1. The second-order valence-electron chi connectivity index (χ2n) is 3.88. The van der Waals surface area contributed by atoms with Crippen LogP contribution in [0.1, 0.15) is 24.8 Å². The van der Waals surface area contributed by atoms with Crippen LogP contribution in [0, 0.1) is 0 Å². The third-order valence-electron chi connectivity index (χ3n) is 2.67. The van der Waals surface area contributed by atoms with Gasteiger partial charge in [-0.1, -0.05) is 37.3 Å². The molecule has 0 aliphatic rings. The van der Waals surface area contributed by atoms with Crippen LogP contribution in [0.25, 0.3) is 0 Å². The number of amides is 2. The van der Waals surface area contributed by atoms with Gasteiger partial charge in [-0.3, -0.25) is 0 Å². The maximum absolute atomic E-state index is 11.3. The molecule has 0 aliphatic heterocycles. The van der Waals surface area contributed by atoms with E-state index in [1.807, 2.05) is 18.2 Å². The molecule has 1 aromatic rings. The fraction of sp³-hybridized carbons (Fsp3) is 0.462. The molecule has 17 heavy (non-hydrogen) atoms. The number of aliphatic hydroxyl groups excluding tert-OH is 1. The molecule has 4 heteroatoms. The van der Waals surface area contributed by atoms with E-state index in [4.69, 9.17) is 5.11 Å². The van der Waals surface area contributed by atoms with Gasteiger partial charge in [-0.15, -0.1) is 0 Å². The highest BCUT2D eigenvalue weighted by Gasteiger charge is 2.09. The van der Waals surface area contributed by atoms with Crippen molar-refractivity contribution in [2.45, 2.75) is 19.3 Å². The van der Waals surface area contributed by atoms with Crippen molar-refractivity contribution in [3.63, 3.8) is 0 Å². The number of nitrogens with one attached hydrogen (secondary N) is 2. The second kappa shape index (κ2) is 7.68. The van der Waals surface area contributed by atoms with E-state index in [0.717, 1.165) is 6.42 Å². The summed E-state index contributed by atoms with van der Waals surface area (Å²) in [6, 6.07) is 9.90. The summed E-state index contributed by atoms with van der Waals surface area (Å²) in [7, 11) is 0. The lowest BCUT2D eigenvalue weighted by Gasteiger charge is -2.16. The zero-order valence-electron chi connectivity index (χ0n) is 10.1. The van der Waals surface area contributed by atoms with Crippen LogP contribution in [0.4, 0.5) is 4.79 Å². The Balaban J connectivity index is 2.40. The summed E-state index contributed by atoms with van der Waals surface area (Å²) in [6.07, 6.45) is 0.976. The van der Waals surface area contributed by atoms with Crippen LogP contribution in [0.3, 0.4) is 0 Å². The van der Waals surface area contributed by atoms with Crippen LogP contribution in [0.15, 0.2) is 30.3 Å². The van der Waals surface area contributed by atoms with Crippen molar-refractivity contribution < 1.29 is 9.90 Å². The SMILES string of the molecule is CCC(CNC(=O)NCCO)c1ccccc1. The first-order valence-corrected chi connectivity index (χ1v) is 5.95. The number of benzene rings is 1. The van der Waals surface area contributed by atoms with Gasteiger partial charge in [-0.25, -0.2) is 4.79 Å². The third kappa shape index (κ3) is 4.87. The van der Waals surface area contributed by atoms with Gasteiger partial charge in [0.2, 0.25) is 0 Å². The van der Waals surface area contributed by atoms with Crippen LogP contribution in [-0.4, -0.2) is 30.8 Å². The highest BCUT2D eigenvalue weighted by atomic mass is 16.3. The quantitative estimate of drug-likeness (QED) is 0.700. The number of carbonyl (C=O) groups is 1. The molecule has 0 aliphatic carbocycles. The summed E-state index contributed by atoms with van der Waals surface area (Å²) in [6.45, 7) is 2.96. The van der Waals surface area contributed by atoms with Crippen LogP contribution >= 0.6 is 0 Å². The van der Waals surface area contributed by atoms with Crippen molar-refractivity contribution in [1.82, 2.24) is 10.6 Å². The molecule has 0 saturated carbocycles. The predicted molar refractivity (Wildman–Crippen MR) is 68.0 cm³/mol. The molecule has 0 fully saturated rings. The Bertz CT molecular complexity index is 327. The largest absolute Gasteiger partial charge is 0.395 e. The first-order chi connectivity index (χ1) is 8.27. The maximum Gasteiger partial charge on any atom is 0.314 e. The Hall–Kier alpha value is -1.55. The third-order valence-corrected chi connectivity index (χ3v) is 2.67. The smallest absolute Gasteiger partial charge is 0.314 e. The fourth-order valence-electron chi connectivity index (χ4n) is 1.67. The molecule has 0 radical (unpaired) electrons. The van der Waals surface area contributed by atoms with E-state index in [2.05, 4.69) is 29.7 Å². The van der Waals surface area contributed by atoms with Gasteiger partial charge in [-0.05, 0) is 12.0 Å². The van der Waals surface area contributed by atoms with E-state index in [-0.39, 0.29) is 19.2 Å². The summed E-state index contributed by atoms with van der Waals surface area (Å²) in [5, 5.41) is 13.9. The standard InChI is InChI=1S/C13H20N2O2/c1-2-11(12-6-4-3-5-7-12)10-15-13(17)14-8-9-16/h3-7,11,16H,2,8-10H2,1H3,(H2,14,15,17). The number of hydrogen-bond acceptors (Lipinski definition) is 2. The van der Waals surface area contributed by atoms with Gasteiger partial charge in [0.25, 0.3) is 0 Å². The van der Waals surface area contributed by atoms with Gasteiger partial charge in [0.05, 0.1) is 6.61 Å². The molecule has 3 N–H and O–H groups in total. The summed E-state index contributed by atoms with van der Waals surface area (Å²) >= 11 is 0.